The Labute approximate surface area is 165 Å². The van der Waals surface area contributed by atoms with Gasteiger partial charge in [-0.1, -0.05) is 30.3 Å². The molecule has 2 fully saturated rings. The van der Waals surface area contributed by atoms with Gasteiger partial charge in [0.15, 0.2) is 0 Å². The number of nitrogens with one attached hydrogen (secondary N) is 2. The average Bonchev–Trinajstić information content (AvgIpc) is 3.19. The number of likely N-dealkylation sites (tertiary alicyclic amines) is 1. The Balaban J connectivity index is 0.00000210. The SMILES string of the molecule is Cl.O=C(c1ccc(-c2ccccc2)[nH]1)N1CCCC(N2CCNCC2=O)C1. The van der Waals surface area contributed by atoms with Gasteiger partial charge in [0.1, 0.15) is 5.69 Å². The van der Waals surface area contributed by atoms with Gasteiger partial charge < -0.3 is 20.1 Å². The van der Waals surface area contributed by atoms with Crippen molar-refractivity contribution in [3.63, 3.8) is 0 Å². The molecule has 0 radical (unpaired) electrons. The molecule has 2 amide bonds. The van der Waals surface area contributed by atoms with Gasteiger partial charge in [0.25, 0.3) is 5.91 Å². The van der Waals surface area contributed by atoms with E-state index in [4.69, 9.17) is 0 Å². The molecule has 2 N–H and O–H groups in total. The van der Waals surface area contributed by atoms with E-state index in [0.29, 0.717) is 18.8 Å². The van der Waals surface area contributed by atoms with Crippen LogP contribution in [0.5, 0.6) is 0 Å². The molecule has 0 saturated carbocycles. The molecule has 0 bridgehead atoms. The highest BCUT2D eigenvalue weighted by Crippen LogP contribution is 2.21. The zero-order valence-corrected chi connectivity index (χ0v) is 16.0. The van der Waals surface area contributed by atoms with Gasteiger partial charge in [-0.2, -0.15) is 0 Å². The lowest BCUT2D eigenvalue weighted by atomic mass is 10.0. The standard InChI is InChI=1S/C20H24N4O2.ClH/c25-19-13-21-10-12-24(19)16-7-4-11-23(14-16)20(26)18-9-8-17(22-18)15-5-2-1-3-6-15;/h1-3,5-6,8-9,16,21-22H,4,7,10-14H2;1H. The van der Waals surface area contributed by atoms with E-state index in [1.807, 2.05) is 52.3 Å². The van der Waals surface area contributed by atoms with E-state index >= 15 is 0 Å². The number of H-pyrrole nitrogens is 1. The first kappa shape index (κ1) is 19.5. The van der Waals surface area contributed by atoms with Crippen LogP contribution in [0.2, 0.25) is 0 Å². The van der Waals surface area contributed by atoms with Gasteiger partial charge in [-0.05, 0) is 30.5 Å². The van der Waals surface area contributed by atoms with Gasteiger partial charge in [0, 0.05) is 37.9 Å². The van der Waals surface area contributed by atoms with Gasteiger partial charge in [0.2, 0.25) is 5.91 Å². The molecular formula is C20H25ClN4O2. The molecule has 2 aliphatic rings. The van der Waals surface area contributed by atoms with Crippen molar-refractivity contribution in [2.75, 3.05) is 32.7 Å². The zero-order chi connectivity index (χ0) is 17.9. The number of nitrogens with zero attached hydrogens (tertiary/aromatic N) is 2. The van der Waals surface area contributed by atoms with Crippen molar-refractivity contribution in [1.29, 1.82) is 0 Å². The third-order valence-corrected chi connectivity index (χ3v) is 5.25. The number of hydrogen-bond donors (Lipinski definition) is 2. The first-order valence-electron chi connectivity index (χ1n) is 9.26. The predicted octanol–water partition coefficient (Wildman–Crippen LogP) is 2.14. The monoisotopic (exact) mass is 388 g/mol. The summed E-state index contributed by atoms with van der Waals surface area (Å²) in [4.78, 5) is 32.2. The summed E-state index contributed by atoms with van der Waals surface area (Å²) >= 11 is 0. The van der Waals surface area contributed by atoms with Gasteiger partial charge in [-0.15, -0.1) is 12.4 Å². The Morgan fingerprint density at radius 3 is 2.67 bits per heavy atom. The Morgan fingerprint density at radius 2 is 1.89 bits per heavy atom. The fourth-order valence-electron chi connectivity index (χ4n) is 3.88. The van der Waals surface area contributed by atoms with E-state index in [1.165, 1.54) is 0 Å². The summed E-state index contributed by atoms with van der Waals surface area (Å²) in [5.41, 5.74) is 2.62. The first-order valence-corrected chi connectivity index (χ1v) is 9.26. The van der Waals surface area contributed by atoms with Crippen LogP contribution in [0, 0.1) is 0 Å². The number of aromatic nitrogens is 1. The van der Waals surface area contributed by atoms with Crippen molar-refractivity contribution in [2.24, 2.45) is 0 Å². The second-order valence-electron chi connectivity index (χ2n) is 6.96. The molecule has 2 aliphatic heterocycles. The van der Waals surface area contributed by atoms with Crippen LogP contribution in [-0.2, 0) is 4.79 Å². The van der Waals surface area contributed by atoms with Crippen LogP contribution in [0.25, 0.3) is 11.3 Å². The number of piperidine rings is 1. The van der Waals surface area contributed by atoms with Crippen molar-refractivity contribution >= 4 is 24.2 Å². The number of piperazine rings is 1. The van der Waals surface area contributed by atoms with Crippen molar-refractivity contribution < 1.29 is 9.59 Å². The highest BCUT2D eigenvalue weighted by molar-refractivity contribution is 5.93. The largest absolute Gasteiger partial charge is 0.351 e. The maximum absolute atomic E-state index is 12.9. The van der Waals surface area contributed by atoms with Crippen molar-refractivity contribution in [3.8, 4) is 11.3 Å². The molecule has 6 nitrogen and oxygen atoms in total. The van der Waals surface area contributed by atoms with Gasteiger partial charge in [0.05, 0.1) is 6.54 Å². The second kappa shape index (κ2) is 8.59. The summed E-state index contributed by atoms with van der Waals surface area (Å²) < 4.78 is 0. The lowest BCUT2D eigenvalue weighted by molar-refractivity contribution is -0.135. The maximum Gasteiger partial charge on any atom is 0.270 e. The normalized spacial score (nSPS) is 20.3. The van der Waals surface area contributed by atoms with E-state index in [-0.39, 0.29) is 30.3 Å². The number of aromatic amines is 1. The summed E-state index contributed by atoms with van der Waals surface area (Å²) in [7, 11) is 0. The zero-order valence-electron chi connectivity index (χ0n) is 15.2. The summed E-state index contributed by atoms with van der Waals surface area (Å²) in [5, 5.41) is 3.10. The molecule has 7 heteroatoms. The number of amides is 2. The van der Waals surface area contributed by atoms with Gasteiger partial charge >= 0.3 is 0 Å². The molecule has 1 aromatic carbocycles. The Kier molecular flexibility index (Phi) is 6.19. The first-order chi connectivity index (χ1) is 12.7. The molecular weight excluding hydrogens is 364 g/mol. The van der Waals surface area contributed by atoms with Crippen molar-refractivity contribution in [1.82, 2.24) is 20.1 Å². The highest BCUT2D eigenvalue weighted by Gasteiger charge is 2.32. The van der Waals surface area contributed by atoms with E-state index in [2.05, 4.69) is 10.3 Å². The van der Waals surface area contributed by atoms with Crippen molar-refractivity contribution in [2.45, 2.75) is 18.9 Å². The molecule has 0 aliphatic carbocycles. The van der Waals surface area contributed by atoms with Crippen LogP contribution in [-0.4, -0.2) is 65.4 Å². The average molecular weight is 389 g/mol. The molecule has 4 rings (SSSR count). The Morgan fingerprint density at radius 1 is 1.07 bits per heavy atom. The van der Waals surface area contributed by atoms with Crippen LogP contribution in [0.3, 0.4) is 0 Å². The number of carbonyl (C=O) groups excluding carboxylic acids is 2. The minimum Gasteiger partial charge on any atom is -0.351 e. The minimum absolute atomic E-state index is 0. The molecule has 2 aromatic rings. The van der Waals surface area contributed by atoms with Crippen LogP contribution in [0.15, 0.2) is 42.5 Å². The van der Waals surface area contributed by atoms with E-state index in [0.717, 1.165) is 43.7 Å². The number of hydrogen-bond acceptors (Lipinski definition) is 3. The van der Waals surface area contributed by atoms with Crippen LogP contribution in [0.4, 0.5) is 0 Å². The summed E-state index contributed by atoms with van der Waals surface area (Å²) in [6.07, 6.45) is 1.90. The molecule has 27 heavy (non-hydrogen) atoms. The third-order valence-electron chi connectivity index (χ3n) is 5.25. The maximum atomic E-state index is 12.9. The molecule has 3 heterocycles. The Hall–Kier alpha value is -2.31. The predicted molar refractivity (Wildman–Crippen MR) is 107 cm³/mol. The summed E-state index contributed by atoms with van der Waals surface area (Å²) in [6, 6.07) is 13.9. The Bertz CT molecular complexity index is 792. The second-order valence-corrected chi connectivity index (χ2v) is 6.96. The van der Waals surface area contributed by atoms with Gasteiger partial charge in [-0.25, -0.2) is 0 Å². The van der Waals surface area contributed by atoms with Crippen molar-refractivity contribution in [3.05, 3.63) is 48.2 Å². The number of rotatable bonds is 3. The molecule has 144 valence electrons. The van der Waals surface area contributed by atoms with E-state index in [1.54, 1.807) is 0 Å². The van der Waals surface area contributed by atoms with Crippen LogP contribution >= 0.6 is 12.4 Å². The summed E-state index contributed by atoms with van der Waals surface area (Å²) in [6.45, 7) is 3.32. The van der Waals surface area contributed by atoms with E-state index in [9.17, 15) is 9.59 Å². The lowest BCUT2D eigenvalue weighted by Crippen LogP contribution is -2.57. The number of carbonyl (C=O) groups is 2. The molecule has 1 atom stereocenters. The molecule has 1 unspecified atom stereocenters. The molecule has 0 spiro atoms. The minimum atomic E-state index is 0. The fourth-order valence-corrected chi connectivity index (χ4v) is 3.88. The smallest absolute Gasteiger partial charge is 0.270 e. The highest BCUT2D eigenvalue weighted by atomic mass is 35.5. The third kappa shape index (κ3) is 4.17. The van der Waals surface area contributed by atoms with E-state index < -0.39 is 0 Å². The quantitative estimate of drug-likeness (QED) is 0.846. The fraction of sp³-hybridized carbons (Fsp3) is 0.400. The summed E-state index contributed by atoms with van der Waals surface area (Å²) in [5.74, 6) is 0.154. The number of benzene rings is 1. The number of halogens is 1. The topological polar surface area (TPSA) is 68.4 Å². The van der Waals surface area contributed by atoms with Crippen LogP contribution < -0.4 is 5.32 Å². The lowest BCUT2D eigenvalue weighted by Gasteiger charge is -2.41. The molecule has 1 aromatic heterocycles. The van der Waals surface area contributed by atoms with Gasteiger partial charge in [-0.3, -0.25) is 9.59 Å². The van der Waals surface area contributed by atoms with Crippen LogP contribution in [0.1, 0.15) is 23.3 Å². The molecule has 2 saturated heterocycles.